The Kier molecular flexibility index (Phi) is 2.66. The monoisotopic (exact) mass is 155 g/mol. The van der Waals surface area contributed by atoms with Crippen LogP contribution in [0.2, 0.25) is 0 Å². The van der Waals surface area contributed by atoms with Crippen molar-refractivity contribution in [1.29, 1.82) is 0 Å². The van der Waals surface area contributed by atoms with Crippen LogP contribution in [0.1, 0.15) is 33.1 Å². The molecule has 0 radical (unpaired) electrons. The standard InChI is InChI=1S/C9H17NO/c1-6(2)9(11)8(10)7-4-3-5-7/h6-8H,3-5,10H2,1-2H3. The van der Waals surface area contributed by atoms with Gasteiger partial charge in [0, 0.05) is 5.92 Å². The van der Waals surface area contributed by atoms with Crippen molar-refractivity contribution in [2.75, 3.05) is 0 Å². The Bertz CT molecular complexity index is 150. The van der Waals surface area contributed by atoms with E-state index in [9.17, 15) is 4.79 Å². The maximum Gasteiger partial charge on any atom is 0.152 e. The lowest BCUT2D eigenvalue weighted by atomic mass is 9.77. The fourth-order valence-corrected chi connectivity index (χ4v) is 1.42. The van der Waals surface area contributed by atoms with Gasteiger partial charge in [0.05, 0.1) is 6.04 Å². The van der Waals surface area contributed by atoms with Gasteiger partial charge >= 0.3 is 0 Å². The molecule has 1 fully saturated rings. The topological polar surface area (TPSA) is 43.1 Å². The van der Waals surface area contributed by atoms with Crippen LogP contribution in [0, 0.1) is 11.8 Å². The van der Waals surface area contributed by atoms with Gasteiger partial charge in [-0.1, -0.05) is 20.3 Å². The minimum atomic E-state index is -0.177. The van der Waals surface area contributed by atoms with Gasteiger partial charge in [-0.25, -0.2) is 0 Å². The van der Waals surface area contributed by atoms with Crippen molar-refractivity contribution >= 4 is 5.78 Å². The van der Waals surface area contributed by atoms with Crippen molar-refractivity contribution < 1.29 is 4.79 Å². The second-order valence-corrected chi connectivity index (χ2v) is 3.77. The highest BCUT2D eigenvalue weighted by Gasteiger charge is 2.30. The smallest absolute Gasteiger partial charge is 0.152 e. The van der Waals surface area contributed by atoms with Crippen LogP contribution in [0.15, 0.2) is 0 Å². The number of ketones is 1. The van der Waals surface area contributed by atoms with Gasteiger partial charge in [0.1, 0.15) is 0 Å². The van der Waals surface area contributed by atoms with Crippen molar-refractivity contribution in [2.45, 2.75) is 39.2 Å². The molecule has 1 unspecified atom stereocenters. The van der Waals surface area contributed by atoms with Gasteiger partial charge in [-0.2, -0.15) is 0 Å². The Balaban J connectivity index is 2.39. The van der Waals surface area contributed by atoms with Crippen LogP contribution in [0.3, 0.4) is 0 Å². The molecule has 0 aromatic rings. The SMILES string of the molecule is CC(C)C(=O)C(N)C1CCC1. The molecule has 1 aliphatic carbocycles. The summed E-state index contributed by atoms with van der Waals surface area (Å²) in [6.45, 7) is 3.84. The Labute approximate surface area is 68.2 Å². The number of Topliss-reactive ketones (excluding diaryl/α,β-unsaturated/α-hetero) is 1. The van der Waals surface area contributed by atoms with Gasteiger partial charge in [0.25, 0.3) is 0 Å². The molecule has 1 atom stereocenters. The molecule has 2 heteroatoms. The van der Waals surface area contributed by atoms with E-state index in [4.69, 9.17) is 5.73 Å². The zero-order valence-corrected chi connectivity index (χ0v) is 7.34. The molecule has 2 nitrogen and oxygen atoms in total. The van der Waals surface area contributed by atoms with E-state index in [0.717, 1.165) is 12.8 Å². The zero-order chi connectivity index (χ0) is 8.43. The lowest BCUT2D eigenvalue weighted by Crippen LogP contribution is -2.43. The van der Waals surface area contributed by atoms with Crippen molar-refractivity contribution in [2.24, 2.45) is 17.6 Å². The number of hydrogen-bond acceptors (Lipinski definition) is 2. The third-order valence-corrected chi connectivity index (χ3v) is 2.56. The molecule has 0 aromatic heterocycles. The quantitative estimate of drug-likeness (QED) is 0.668. The van der Waals surface area contributed by atoms with Crippen molar-refractivity contribution in [1.82, 2.24) is 0 Å². The molecule has 0 amide bonds. The molecule has 0 spiro atoms. The lowest BCUT2D eigenvalue weighted by molar-refractivity contribution is -0.125. The molecule has 1 saturated carbocycles. The Morgan fingerprint density at radius 3 is 2.27 bits per heavy atom. The van der Waals surface area contributed by atoms with E-state index < -0.39 is 0 Å². The second kappa shape index (κ2) is 3.35. The highest BCUT2D eigenvalue weighted by atomic mass is 16.1. The highest BCUT2D eigenvalue weighted by Crippen LogP contribution is 2.29. The predicted molar refractivity (Wildman–Crippen MR) is 45.2 cm³/mol. The summed E-state index contributed by atoms with van der Waals surface area (Å²) in [5.74, 6) is 0.824. The van der Waals surface area contributed by atoms with Crippen molar-refractivity contribution in [3.05, 3.63) is 0 Å². The molecule has 64 valence electrons. The molecule has 0 aromatic carbocycles. The molecule has 11 heavy (non-hydrogen) atoms. The molecular weight excluding hydrogens is 138 g/mol. The average molecular weight is 155 g/mol. The van der Waals surface area contributed by atoms with Gasteiger partial charge < -0.3 is 5.73 Å². The summed E-state index contributed by atoms with van der Waals surface area (Å²) in [5, 5.41) is 0. The van der Waals surface area contributed by atoms with Crippen molar-refractivity contribution in [3.8, 4) is 0 Å². The first-order valence-electron chi connectivity index (χ1n) is 4.42. The van der Waals surface area contributed by atoms with Crippen LogP contribution in [0.25, 0.3) is 0 Å². The maximum absolute atomic E-state index is 11.4. The largest absolute Gasteiger partial charge is 0.321 e. The maximum atomic E-state index is 11.4. The van der Waals surface area contributed by atoms with Crippen LogP contribution in [-0.2, 0) is 4.79 Å². The summed E-state index contributed by atoms with van der Waals surface area (Å²) in [7, 11) is 0. The van der Waals surface area contributed by atoms with Gasteiger partial charge in [0.2, 0.25) is 0 Å². The summed E-state index contributed by atoms with van der Waals surface area (Å²) < 4.78 is 0. The van der Waals surface area contributed by atoms with Crippen LogP contribution in [0.4, 0.5) is 0 Å². The third-order valence-electron chi connectivity index (χ3n) is 2.56. The van der Waals surface area contributed by atoms with Gasteiger partial charge in [-0.15, -0.1) is 0 Å². The molecule has 0 saturated heterocycles. The van der Waals surface area contributed by atoms with Crippen molar-refractivity contribution in [3.63, 3.8) is 0 Å². The fourth-order valence-electron chi connectivity index (χ4n) is 1.42. The van der Waals surface area contributed by atoms with E-state index >= 15 is 0 Å². The summed E-state index contributed by atoms with van der Waals surface area (Å²) in [4.78, 5) is 11.4. The summed E-state index contributed by atoms with van der Waals surface area (Å²) in [5.41, 5.74) is 5.77. The molecule has 0 heterocycles. The minimum absolute atomic E-state index is 0.102. The first-order valence-corrected chi connectivity index (χ1v) is 4.42. The average Bonchev–Trinajstić information content (AvgIpc) is 1.82. The van der Waals surface area contributed by atoms with E-state index in [1.165, 1.54) is 6.42 Å². The zero-order valence-electron chi connectivity index (χ0n) is 7.34. The lowest BCUT2D eigenvalue weighted by Gasteiger charge is -2.31. The number of rotatable bonds is 3. The van der Waals surface area contributed by atoms with E-state index in [-0.39, 0.29) is 17.7 Å². The Morgan fingerprint density at radius 2 is 2.00 bits per heavy atom. The second-order valence-electron chi connectivity index (χ2n) is 3.77. The first-order chi connectivity index (χ1) is 5.13. The first kappa shape index (κ1) is 8.72. The third kappa shape index (κ3) is 1.80. The number of carbonyl (C=O) groups is 1. The van der Waals surface area contributed by atoms with E-state index in [1.807, 2.05) is 13.8 Å². The van der Waals surface area contributed by atoms with Crippen LogP contribution in [0.5, 0.6) is 0 Å². The summed E-state index contributed by atoms with van der Waals surface area (Å²) in [6.07, 6.45) is 3.56. The van der Waals surface area contributed by atoms with Gasteiger partial charge in [0.15, 0.2) is 5.78 Å². The van der Waals surface area contributed by atoms with Gasteiger partial charge in [-0.3, -0.25) is 4.79 Å². The molecular formula is C9H17NO. The molecule has 0 aliphatic heterocycles. The van der Waals surface area contributed by atoms with Crippen LogP contribution >= 0.6 is 0 Å². The molecule has 1 aliphatic rings. The molecule has 0 bridgehead atoms. The molecule has 2 N–H and O–H groups in total. The van der Waals surface area contributed by atoms with E-state index in [1.54, 1.807) is 0 Å². The number of nitrogens with two attached hydrogens (primary N) is 1. The number of carbonyl (C=O) groups excluding carboxylic acids is 1. The Hall–Kier alpha value is -0.370. The van der Waals surface area contributed by atoms with Crippen LogP contribution in [-0.4, -0.2) is 11.8 Å². The van der Waals surface area contributed by atoms with Gasteiger partial charge in [-0.05, 0) is 18.8 Å². The normalized spacial score (nSPS) is 21.5. The summed E-state index contributed by atoms with van der Waals surface area (Å²) >= 11 is 0. The predicted octanol–water partition coefficient (Wildman–Crippen LogP) is 1.34. The van der Waals surface area contributed by atoms with E-state index in [2.05, 4.69) is 0 Å². The Morgan fingerprint density at radius 1 is 1.45 bits per heavy atom. The van der Waals surface area contributed by atoms with Crippen LogP contribution < -0.4 is 5.73 Å². The highest BCUT2D eigenvalue weighted by molar-refractivity contribution is 5.85. The number of hydrogen-bond donors (Lipinski definition) is 1. The van der Waals surface area contributed by atoms with E-state index in [0.29, 0.717) is 5.92 Å². The minimum Gasteiger partial charge on any atom is -0.321 e. The molecule has 1 rings (SSSR count). The summed E-state index contributed by atoms with van der Waals surface area (Å²) in [6, 6.07) is -0.177. The fraction of sp³-hybridized carbons (Fsp3) is 0.889.